The summed E-state index contributed by atoms with van der Waals surface area (Å²) in [7, 11) is -1.70. The molecule has 0 aliphatic carbocycles. The van der Waals surface area contributed by atoms with E-state index >= 15 is 0 Å². The maximum atomic E-state index is 12.2. The van der Waals surface area contributed by atoms with Crippen molar-refractivity contribution in [3.8, 4) is 0 Å². The van der Waals surface area contributed by atoms with Crippen LogP contribution < -0.4 is 4.72 Å². The molecule has 0 spiro atoms. The van der Waals surface area contributed by atoms with Gasteiger partial charge in [0.25, 0.3) is 0 Å². The molecule has 0 saturated heterocycles. The largest absolute Gasteiger partial charge is 0.321 e. The van der Waals surface area contributed by atoms with Gasteiger partial charge < -0.3 is 4.57 Å². The second kappa shape index (κ2) is 6.02. The first-order chi connectivity index (χ1) is 9.40. The highest BCUT2D eigenvalue weighted by Crippen LogP contribution is 2.20. The second-order valence-electron chi connectivity index (χ2n) is 4.42. The van der Waals surface area contributed by atoms with Gasteiger partial charge in [-0.3, -0.25) is 0 Å². The van der Waals surface area contributed by atoms with Crippen LogP contribution in [0, 0.1) is 6.92 Å². The van der Waals surface area contributed by atoms with Crippen molar-refractivity contribution in [3.63, 3.8) is 0 Å². The number of hydrogen-bond acceptors (Lipinski definition) is 4. The molecule has 1 aromatic carbocycles. The van der Waals surface area contributed by atoms with E-state index in [1.54, 1.807) is 30.0 Å². The molecule has 0 saturated carbocycles. The maximum Gasteiger partial charge on any atom is 0.240 e. The summed E-state index contributed by atoms with van der Waals surface area (Å²) >= 11 is 3.28. The lowest BCUT2D eigenvalue weighted by Gasteiger charge is -2.09. The SMILES string of the molecule is Cc1ccc(Br)cc1S(=O)(=O)NCCc1nncn1C. The van der Waals surface area contributed by atoms with E-state index in [-0.39, 0.29) is 11.4 Å². The lowest BCUT2D eigenvalue weighted by Crippen LogP contribution is -2.27. The Bertz CT molecular complexity index is 712. The van der Waals surface area contributed by atoms with E-state index in [2.05, 4.69) is 30.8 Å². The molecular weight excluding hydrogens is 344 g/mol. The number of nitrogens with one attached hydrogen (secondary N) is 1. The van der Waals surface area contributed by atoms with Crippen molar-refractivity contribution in [2.24, 2.45) is 7.05 Å². The van der Waals surface area contributed by atoms with Crippen LogP contribution in [0.25, 0.3) is 0 Å². The van der Waals surface area contributed by atoms with Crippen LogP contribution in [0.15, 0.2) is 33.9 Å². The van der Waals surface area contributed by atoms with Gasteiger partial charge in [0.15, 0.2) is 0 Å². The minimum atomic E-state index is -3.52. The number of aryl methyl sites for hydroxylation is 2. The van der Waals surface area contributed by atoms with Crippen LogP contribution >= 0.6 is 15.9 Å². The number of aromatic nitrogens is 3. The first-order valence-corrected chi connectivity index (χ1v) is 8.26. The number of halogens is 1. The van der Waals surface area contributed by atoms with Gasteiger partial charge in [-0.2, -0.15) is 0 Å². The summed E-state index contributed by atoms with van der Waals surface area (Å²) in [5.74, 6) is 0.735. The maximum absolute atomic E-state index is 12.2. The van der Waals surface area contributed by atoms with Gasteiger partial charge in [0.1, 0.15) is 12.2 Å². The predicted octanol–water partition coefficient (Wildman–Crippen LogP) is 1.41. The lowest BCUT2D eigenvalue weighted by atomic mass is 10.2. The van der Waals surface area contributed by atoms with Crippen molar-refractivity contribution in [1.82, 2.24) is 19.5 Å². The monoisotopic (exact) mass is 358 g/mol. The van der Waals surface area contributed by atoms with Crippen molar-refractivity contribution >= 4 is 26.0 Å². The molecule has 0 aliphatic rings. The number of hydrogen-bond donors (Lipinski definition) is 1. The Labute approximate surface area is 126 Å². The Hall–Kier alpha value is -1.25. The zero-order valence-corrected chi connectivity index (χ0v) is 13.6. The van der Waals surface area contributed by atoms with Gasteiger partial charge in [-0.1, -0.05) is 22.0 Å². The molecule has 0 unspecified atom stereocenters. The van der Waals surface area contributed by atoms with Gasteiger partial charge in [-0.25, -0.2) is 13.1 Å². The van der Waals surface area contributed by atoms with E-state index in [9.17, 15) is 8.42 Å². The standard InChI is InChI=1S/C12H15BrN4O2S/c1-9-3-4-10(13)7-11(9)20(18,19)15-6-5-12-16-14-8-17(12)2/h3-4,7-8,15H,5-6H2,1-2H3. The molecule has 6 nitrogen and oxygen atoms in total. The third-order valence-electron chi connectivity index (χ3n) is 2.89. The zero-order valence-electron chi connectivity index (χ0n) is 11.2. The van der Waals surface area contributed by atoms with Gasteiger partial charge in [0.2, 0.25) is 10.0 Å². The fourth-order valence-electron chi connectivity index (χ4n) is 1.77. The molecule has 0 aliphatic heterocycles. The molecular formula is C12H15BrN4O2S. The van der Waals surface area contributed by atoms with E-state index in [4.69, 9.17) is 0 Å². The summed E-state index contributed by atoms with van der Waals surface area (Å²) in [4.78, 5) is 0.282. The fourth-order valence-corrected chi connectivity index (χ4v) is 3.58. The Morgan fingerprint density at radius 1 is 1.40 bits per heavy atom. The van der Waals surface area contributed by atoms with Crippen molar-refractivity contribution in [1.29, 1.82) is 0 Å². The normalized spacial score (nSPS) is 11.8. The average Bonchev–Trinajstić information content (AvgIpc) is 2.78. The van der Waals surface area contributed by atoms with Crippen LogP contribution in [0.1, 0.15) is 11.4 Å². The smallest absolute Gasteiger partial charge is 0.240 e. The Morgan fingerprint density at radius 3 is 2.80 bits per heavy atom. The molecule has 0 atom stereocenters. The molecule has 1 N–H and O–H groups in total. The first-order valence-electron chi connectivity index (χ1n) is 5.99. The first kappa shape index (κ1) is 15.1. The minimum Gasteiger partial charge on any atom is -0.321 e. The Morgan fingerprint density at radius 2 is 2.15 bits per heavy atom. The highest BCUT2D eigenvalue weighted by Gasteiger charge is 2.16. The minimum absolute atomic E-state index is 0.279. The van der Waals surface area contributed by atoms with Gasteiger partial charge >= 0.3 is 0 Å². The molecule has 2 rings (SSSR count). The molecule has 108 valence electrons. The van der Waals surface area contributed by atoms with Gasteiger partial charge in [0, 0.05) is 24.5 Å². The van der Waals surface area contributed by atoms with E-state index in [0.29, 0.717) is 12.0 Å². The summed E-state index contributed by atoms with van der Waals surface area (Å²) < 4.78 is 29.6. The van der Waals surface area contributed by atoms with Crippen molar-refractivity contribution in [2.45, 2.75) is 18.2 Å². The molecule has 0 bridgehead atoms. The van der Waals surface area contributed by atoms with Crippen LogP contribution in [-0.2, 0) is 23.5 Å². The van der Waals surface area contributed by atoms with Crippen LogP contribution in [0.3, 0.4) is 0 Å². The van der Waals surface area contributed by atoms with E-state index < -0.39 is 10.0 Å². The van der Waals surface area contributed by atoms with E-state index in [1.807, 2.05) is 13.1 Å². The van der Waals surface area contributed by atoms with Crippen LogP contribution in [0.2, 0.25) is 0 Å². The molecule has 1 heterocycles. The Kier molecular flexibility index (Phi) is 4.56. The van der Waals surface area contributed by atoms with E-state index in [1.165, 1.54) is 0 Å². The molecule has 1 aromatic heterocycles. The highest BCUT2D eigenvalue weighted by molar-refractivity contribution is 9.10. The number of nitrogens with zero attached hydrogens (tertiary/aromatic N) is 3. The van der Waals surface area contributed by atoms with Crippen LogP contribution in [0.4, 0.5) is 0 Å². The van der Waals surface area contributed by atoms with Gasteiger partial charge in [0.05, 0.1) is 4.90 Å². The third-order valence-corrected chi connectivity index (χ3v) is 4.98. The summed E-state index contributed by atoms with van der Waals surface area (Å²) in [6, 6.07) is 5.18. The highest BCUT2D eigenvalue weighted by atomic mass is 79.9. The van der Waals surface area contributed by atoms with Gasteiger partial charge in [-0.15, -0.1) is 10.2 Å². The van der Waals surface area contributed by atoms with Crippen LogP contribution in [-0.4, -0.2) is 29.7 Å². The molecule has 20 heavy (non-hydrogen) atoms. The molecule has 0 fully saturated rings. The zero-order chi connectivity index (χ0) is 14.8. The molecule has 2 aromatic rings. The predicted molar refractivity (Wildman–Crippen MR) is 78.8 cm³/mol. The van der Waals surface area contributed by atoms with Crippen LogP contribution in [0.5, 0.6) is 0 Å². The number of benzene rings is 1. The molecule has 0 amide bonds. The number of rotatable bonds is 5. The fraction of sp³-hybridized carbons (Fsp3) is 0.333. The summed E-state index contributed by atoms with van der Waals surface area (Å²) in [5, 5.41) is 7.66. The number of sulfonamides is 1. The second-order valence-corrected chi connectivity index (χ2v) is 7.07. The van der Waals surface area contributed by atoms with Gasteiger partial charge in [-0.05, 0) is 24.6 Å². The topological polar surface area (TPSA) is 76.9 Å². The lowest BCUT2D eigenvalue weighted by molar-refractivity contribution is 0.579. The quantitative estimate of drug-likeness (QED) is 0.876. The molecule has 0 radical (unpaired) electrons. The van der Waals surface area contributed by atoms with Crippen molar-refractivity contribution in [3.05, 3.63) is 40.4 Å². The average molecular weight is 359 g/mol. The summed E-state index contributed by atoms with van der Waals surface area (Å²) in [6.07, 6.45) is 2.07. The van der Waals surface area contributed by atoms with E-state index in [0.717, 1.165) is 10.3 Å². The Balaban J connectivity index is 2.08. The molecule has 8 heteroatoms. The van der Waals surface area contributed by atoms with Crippen molar-refractivity contribution < 1.29 is 8.42 Å². The third kappa shape index (κ3) is 3.44. The van der Waals surface area contributed by atoms with Crippen molar-refractivity contribution in [2.75, 3.05) is 6.54 Å². The summed E-state index contributed by atoms with van der Waals surface area (Å²) in [5.41, 5.74) is 0.708. The summed E-state index contributed by atoms with van der Waals surface area (Å²) in [6.45, 7) is 2.05.